The number of pyridine rings is 1. The fourth-order valence-corrected chi connectivity index (χ4v) is 3.30. The van der Waals surface area contributed by atoms with Crippen LogP contribution in [0.2, 0.25) is 0 Å². The van der Waals surface area contributed by atoms with Gasteiger partial charge in [-0.2, -0.15) is 0 Å². The second-order valence-electron chi connectivity index (χ2n) is 6.71. The molecule has 0 radical (unpaired) electrons. The molecule has 1 aromatic rings. The largest absolute Gasteiger partial charge is 0.456 e. The second kappa shape index (κ2) is 4.49. The molecule has 2 saturated carbocycles. The first-order valence-corrected chi connectivity index (χ1v) is 7.48. The van der Waals surface area contributed by atoms with Crippen molar-refractivity contribution in [1.82, 2.24) is 4.98 Å². The van der Waals surface area contributed by atoms with Gasteiger partial charge in [-0.05, 0) is 30.8 Å². The summed E-state index contributed by atoms with van der Waals surface area (Å²) in [4.78, 5) is 19.3. The number of ether oxygens (including phenoxy) is 2. The van der Waals surface area contributed by atoms with Gasteiger partial charge in [-0.15, -0.1) is 0 Å². The molecule has 0 unspecified atom stereocenters. The summed E-state index contributed by atoms with van der Waals surface area (Å²) in [6.45, 7) is 2.66. The third-order valence-corrected chi connectivity index (χ3v) is 4.44. The maximum absolute atomic E-state index is 11.2. The predicted octanol–water partition coefficient (Wildman–Crippen LogP) is 2.27. The van der Waals surface area contributed by atoms with E-state index in [9.17, 15) is 10.1 Å². The van der Waals surface area contributed by atoms with E-state index in [2.05, 4.69) is 16.9 Å². The normalized spacial score (nSPS) is 33.0. The molecule has 2 aliphatic carbocycles. The molecule has 7 heteroatoms. The number of rotatable bonds is 5. The third-order valence-electron chi connectivity index (χ3n) is 4.44. The van der Waals surface area contributed by atoms with Gasteiger partial charge in [0.05, 0.1) is 23.3 Å². The molecule has 2 saturated heterocycles. The summed E-state index contributed by atoms with van der Waals surface area (Å²) >= 11 is 0. The van der Waals surface area contributed by atoms with Crippen LogP contribution in [0.15, 0.2) is 17.1 Å². The predicted molar refractivity (Wildman–Crippen MR) is 78.5 cm³/mol. The van der Waals surface area contributed by atoms with E-state index >= 15 is 0 Å². The lowest BCUT2D eigenvalue weighted by atomic mass is 9.70. The molecule has 7 nitrogen and oxygen atoms in total. The molecule has 0 aromatic carbocycles. The van der Waals surface area contributed by atoms with Gasteiger partial charge < -0.3 is 19.6 Å². The molecule has 0 spiro atoms. The van der Waals surface area contributed by atoms with Crippen LogP contribution in [0.4, 0.5) is 5.82 Å². The molecule has 3 heterocycles. The van der Waals surface area contributed by atoms with E-state index in [0.29, 0.717) is 18.1 Å². The maximum Gasteiger partial charge on any atom is 0.376 e. The fraction of sp³-hybridized carbons (Fsp3) is 0.600. The first-order valence-electron chi connectivity index (χ1n) is 7.48. The SMILES string of the molecule is CC12CC(/N=C/c3ccc(OC4CC4)nc3[N+](=O)[O-])(CO1)C2. The topological polar surface area (TPSA) is 86.9 Å². The van der Waals surface area contributed by atoms with Crippen LogP contribution in [0.1, 0.15) is 38.2 Å². The molecule has 0 atom stereocenters. The highest BCUT2D eigenvalue weighted by Crippen LogP contribution is 2.53. The van der Waals surface area contributed by atoms with Gasteiger partial charge in [0.2, 0.25) is 0 Å². The summed E-state index contributed by atoms with van der Waals surface area (Å²) in [6, 6.07) is 3.32. The lowest BCUT2D eigenvalue weighted by Gasteiger charge is -2.39. The summed E-state index contributed by atoms with van der Waals surface area (Å²) in [7, 11) is 0. The van der Waals surface area contributed by atoms with E-state index < -0.39 is 4.92 Å². The summed E-state index contributed by atoms with van der Waals surface area (Å²) in [6.07, 6.45) is 5.44. The summed E-state index contributed by atoms with van der Waals surface area (Å²) in [5, 5.41) is 11.2. The van der Waals surface area contributed by atoms with Crippen LogP contribution < -0.4 is 4.74 Å². The molecule has 2 aliphatic heterocycles. The Hall–Kier alpha value is -2.02. The Morgan fingerprint density at radius 3 is 2.86 bits per heavy atom. The van der Waals surface area contributed by atoms with Crippen molar-refractivity contribution in [2.45, 2.75) is 49.9 Å². The van der Waals surface area contributed by atoms with E-state index in [1.54, 1.807) is 18.3 Å². The summed E-state index contributed by atoms with van der Waals surface area (Å²) in [5.41, 5.74) is 0.151. The molecular weight excluding hydrogens is 286 g/mol. The number of nitrogens with zero attached hydrogens (tertiary/aromatic N) is 3. The molecule has 4 fully saturated rings. The van der Waals surface area contributed by atoms with Crippen LogP contribution in [0.3, 0.4) is 0 Å². The van der Waals surface area contributed by atoms with Crippen LogP contribution in [-0.2, 0) is 4.74 Å². The molecule has 2 bridgehead atoms. The number of aliphatic imine (C=N–C) groups is 1. The van der Waals surface area contributed by atoms with Gasteiger partial charge in [-0.25, -0.2) is 0 Å². The van der Waals surface area contributed by atoms with E-state index in [1.165, 1.54) is 0 Å². The minimum absolute atomic E-state index is 0.0521. The Labute approximate surface area is 127 Å². The van der Waals surface area contributed by atoms with Crippen molar-refractivity contribution in [3.8, 4) is 5.88 Å². The van der Waals surface area contributed by atoms with Crippen molar-refractivity contribution in [2.75, 3.05) is 6.61 Å². The number of hydrogen-bond donors (Lipinski definition) is 0. The summed E-state index contributed by atoms with van der Waals surface area (Å²) < 4.78 is 11.2. The minimum Gasteiger partial charge on any atom is -0.456 e. The Morgan fingerprint density at radius 1 is 1.50 bits per heavy atom. The molecule has 0 N–H and O–H groups in total. The minimum atomic E-state index is -0.491. The highest BCUT2D eigenvalue weighted by atomic mass is 16.6. The zero-order valence-electron chi connectivity index (χ0n) is 12.3. The Bertz CT molecular complexity index is 663. The van der Waals surface area contributed by atoms with Crippen LogP contribution in [0, 0.1) is 10.1 Å². The van der Waals surface area contributed by atoms with E-state index in [4.69, 9.17) is 9.47 Å². The zero-order valence-corrected chi connectivity index (χ0v) is 12.3. The first-order chi connectivity index (χ1) is 10.5. The number of aromatic nitrogens is 1. The van der Waals surface area contributed by atoms with Crippen molar-refractivity contribution in [1.29, 1.82) is 0 Å². The Morgan fingerprint density at radius 2 is 2.27 bits per heavy atom. The molecule has 1 aromatic heterocycles. The van der Waals surface area contributed by atoms with Gasteiger partial charge in [0.25, 0.3) is 0 Å². The van der Waals surface area contributed by atoms with E-state index in [1.807, 2.05) is 0 Å². The van der Waals surface area contributed by atoms with Crippen LogP contribution in [0.5, 0.6) is 5.88 Å². The highest BCUT2D eigenvalue weighted by molar-refractivity contribution is 5.84. The maximum atomic E-state index is 11.2. The quantitative estimate of drug-likeness (QED) is 0.473. The molecule has 5 rings (SSSR count). The molecule has 116 valence electrons. The van der Waals surface area contributed by atoms with Crippen LogP contribution in [0.25, 0.3) is 0 Å². The molecule has 4 aliphatic rings. The zero-order chi connectivity index (χ0) is 15.4. The van der Waals surface area contributed by atoms with Gasteiger partial charge in [0.15, 0.2) is 0 Å². The van der Waals surface area contributed by atoms with Crippen molar-refractivity contribution in [2.24, 2.45) is 4.99 Å². The van der Waals surface area contributed by atoms with E-state index in [-0.39, 0.29) is 23.1 Å². The second-order valence-corrected chi connectivity index (χ2v) is 6.71. The summed E-state index contributed by atoms with van der Waals surface area (Å²) in [5.74, 6) is 0.101. The number of hydrogen-bond acceptors (Lipinski definition) is 6. The lowest BCUT2D eigenvalue weighted by molar-refractivity contribution is -0.389. The van der Waals surface area contributed by atoms with Crippen LogP contribution >= 0.6 is 0 Å². The molecule has 22 heavy (non-hydrogen) atoms. The Balaban J connectivity index is 1.56. The number of nitro groups is 1. The smallest absolute Gasteiger partial charge is 0.376 e. The van der Waals surface area contributed by atoms with Crippen molar-refractivity contribution < 1.29 is 14.4 Å². The Kier molecular flexibility index (Phi) is 2.78. The van der Waals surface area contributed by atoms with Gasteiger partial charge in [0, 0.05) is 30.1 Å². The molecule has 0 amide bonds. The van der Waals surface area contributed by atoms with Crippen molar-refractivity contribution in [3.63, 3.8) is 0 Å². The number of fused-ring (bicyclic) bond motifs is 1. The first kappa shape index (κ1) is 13.6. The lowest BCUT2D eigenvalue weighted by Crippen LogP contribution is -2.45. The van der Waals surface area contributed by atoms with Gasteiger partial charge in [-0.1, -0.05) is 0 Å². The van der Waals surface area contributed by atoms with Crippen molar-refractivity contribution in [3.05, 3.63) is 27.8 Å². The standard InChI is InChI=1S/C15H17N3O4/c1-14-7-15(8-14,9-21-14)16-6-10-2-5-12(22-11-3-4-11)17-13(10)18(19)20/h2,5-6,11H,3-4,7-9H2,1H3/b16-6+. The van der Waals surface area contributed by atoms with Crippen LogP contribution in [-0.4, -0.2) is 40.0 Å². The highest BCUT2D eigenvalue weighted by Gasteiger charge is 2.59. The molecular formula is C15H17N3O4. The van der Waals surface area contributed by atoms with Gasteiger partial charge in [0.1, 0.15) is 6.10 Å². The van der Waals surface area contributed by atoms with Crippen molar-refractivity contribution >= 4 is 12.0 Å². The van der Waals surface area contributed by atoms with Gasteiger partial charge in [-0.3, -0.25) is 4.99 Å². The monoisotopic (exact) mass is 303 g/mol. The van der Waals surface area contributed by atoms with Gasteiger partial charge >= 0.3 is 11.7 Å². The average Bonchev–Trinajstić information content (AvgIpc) is 3.12. The third kappa shape index (κ3) is 2.35. The van der Waals surface area contributed by atoms with E-state index in [0.717, 1.165) is 25.7 Å². The fourth-order valence-electron chi connectivity index (χ4n) is 3.30. The average molecular weight is 303 g/mol.